The molecule has 140 valence electrons. The Bertz CT molecular complexity index is 725. The highest BCUT2D eigenvalue weighted by Gasteiger charge is 2.17. The summed E-state index contributed by atoms with van der Waals surface area (Å²) < 4.78 is 11.4. The number of hydrogen-bond donors (Lipinski definition) is 1. The standard InChI is InChI=1S/C21H29N3O2/c1-25-19-14-17(18-9-8-10-21(22)23-18)20(26-2)13-16(19)15-24-11-6-4-3-5-7-12-24/h8-10,13-14H,3-7,11-12,15H2,1-2H3,(H2,22,23). The molecule has 0 radical (unpaired) electrons. The Labute approximate surface area is 156 Å². The lowest BCUT2D eigenvalue weighted by atomic mass is 10.0. The Morgan fingerprint density at radius 1 is 0.962 bits per heavy atom. The second-order valence-electron chi connectivity index (χ2n) is 6.86. The first kappa shape index (κ1) is 18.5. The van der Waals surface area contributed by atoms with E-state index in [0.717, 1.165) is 48.0 Å². The summed E-state index contributed by atoms with van der Waals surface area (Å²) in [6.45, 7) is 3.16. The minimum atomic E-state index is 0.494. The third-order valence-electron chi connectivity index (χ3n) is 4.99. The zero-order valence-electron chi connectivity index (χ0n) is 15.8. The number of anilines is 1. The first-order chi connectivity index (χ1) is 12.7. The van der Waals surface area contributed by atoms with Crippen molar-refractivity contribution in [1.82, 2.24) is 9.88 Å². The highest BCUT2D eigenvalue weighted by atomic mass is 16.5. The fourth-order valence-corrected chi connectivity index (χ4v) is 3.60. The van der Waals surface area contributed by atoms with Gasteiger partial charge in [0.05, 0.1) is 19.9 Å². The van der Waals surface area contributed by atoms with Crippen LogP contribution in [0.25, 0.3) is 11.3 Å². The van der Waals surface area contributed by atoms with Crippen molar-refractivity contribution in [2.24, 2.45) is 0 Å². The van der Waals surface area contributed by atoms with E-state index < -0.39 is 0 Å². The van der Waals surface area contributed by atoms with Gasteiger partial charge in [0.2, 0.25) is 0 Å². The molecule has 2 aromatic rings. The van der Waals surface area contributed by atoms with Crippen LogP contribution in [0.1, 0.15) is 37.7 Å². The second kappa shape index (κ2) is 8.90. The SMILES string of the molecule is COc1cc(-c2cccc(N)n2)c(OC)cc1CN1CCCCCCC1. The van der Waals surface area contributed by atoms with Crippen LogP contribution in [-0.4, -0.2) is 37.2 Å². The summed E-state index contributed by atoms with van der Waals surface area (Å²) in [5, 5.41) is 0. The fourth-order valence-electron chi connectivity index (χ4n) is 3.60. The van der Waals surface area contributed by atoms with Crippen LogP contribution in [-0.2, 0) is 6.54 Å². The molecule has 1 aromatic heterocycles. The maximum absolute atomic E-state index is 5.85. The molecule has 1 aliphatic heterocycles. The first-order valence-electron chi connectivity index (χ1n) is 9.41. The van der Waals surface area contributed by atoms with Gasteiger partial charge in [0.1, 0.15) is 17.3 Å². The summed E-state index contributed by atoms with van der Waals surface area (Å²) in [7, 11) is 3.41. The van der Waals surface area contributed by atoms with Gasteiger partial charge in [-0.15, -0.1) is 0 Å². The molecule has 1 aromatic carbocycles. The van der Waals surface area contributed by atoms with E-state index in [4.69, 9.17) is 15.2 Å². The maximum Gasteiger partial charge on any atom is 0.128 e. The van der Waals surface area contributed by atoms with E-state index in [1.54, 1.807) is 20.3 Å². The molecule has 5 heteroatoms. The quantitative estimate of drug-likeness (QED) is 0.874. The summed E-state index contributed by atoms with van der Waals surface area (Å²) in [5.74, 6) is 2.16. The number of ether oxygens (including phenoxy) is 2. The lowest BCUT2D eigenvalue weighted by molar-refractivity contribution is 0.236. The number of nitrogens with zero attached hydrogens (tertiary/aromatic N) is 2. The van der Waals surface area contributed by atoms with Gasteiger partial charge >= 0.3 is 0 Å². The highest BCUT2D eigenvalue weighted by molar-refractivity contribution is 5.71. The predicted octanol–water partition coefficient (Wildman–Crippen LogP) is 4.11. The normalized spacial score (nSPS) is 15.9. The third kappa shape index (κ3) is 4.47. The summed E-state index contributed by atoms with van der Waals surface area (Å²) in [4.78, 5) is 6.95. The molecule has 0 unspecified atom stereocenters. The lowest BCUT2D eigenvalue weighted by Crippen LogP contribution is -2.27. The van der Waals surface area contributed by atoms with Gasteiger partial charge in [0.15, 0.2) is 0 Å². The lowest BCUT2D eigenvalue weighted by Gasteiger charge is -2.26. The maximum atomic E-state index is 5.85. The van der Waals surface area contributed by atoms with Crippen LogP contribution in [0.2, 0.25) is 0 Å². The Kier molecular flexibility index (Phi) is 6.34. The number of hydrogen-bond acceptors (Lipinski definition) is 5. The number of benzene rings is 1. The van der Waals surface area contributed by atoms with Gasteiger partial charge in [-0.05, 0) is 50.2 Å². The van der Waals surface area contributed by atoms with Crippen molar-refractivity contribution in [1.29, 1.82) is 0 Å². The van der Waals surface area contributed by atoms with Crippen molar-refractivity contribution < 1.29 is 9.47 Å². The molecule has 0 aliphatic carbocycles. The Morgan fingerprint density at radius 2 is 1.65 bits per heavy atom. The van der Waals surface area contributed by atoms with E-state index in [1.807, 2.05) is 18.2 Å². The predicted molar refractivity (Wildman–Crippen MR) is 106 cm³/mol. The van der Waals surface area contributed by atoms with Crippen molar-refractivity contribution in [2.45, 2.75) is 38.6 Å². The number of rotatable bonds is 5. The van der Waals surface area contributed by atoms with Gasteiger partial charge in [-0.25, -0.2) is 4.98 Å². The van der Waals surface area contributed by atoms with E-state index in [9.17, 15) is 0 Å². The van der Waals surface area contributed by atoms with Crippen molar-refractivity contribution in [2.75, 3.05) is 33.0 Å². The molecule has 0 bridgehead atoms. The van der Waals surface area contributed by atoms with Crippen LogP contribution in [0.3, 0.4) is 0 Å². The third-order valence-corrected chi connectivity index (χ3v) is 4.99. The van der Waals surface area contributed by atoms with Crippen molar-refractivity contribution in [3.05, 3.63) is 35.9 Å². The van der Waals surface area contributed by atoms with Crippen LogP contribution >= 0.6 is 0 Å². The molecule has 0 amide bonds. The smallest absolute Gasteiger partial charge is 0.128 e. The molecule has 5 nitrogen and oxygen atoms in total. The number of nitrogen functional groups attached to an aromatic ring is 1. The van der Waals surface area contributed by atoms with Gasteiger partial charge in [-0.2, -0.15) is 0 Å². The monoisotopic (exact) mass is 355 g/mol. The Balaban J connectivity index is 1.91. The Hall–Kier alpha value is -2.27. The van der Waals surface area contributed by atoms with Crippen LogP contribution in [0, 0.1) is 0 Å². The molecular formula is C21H29N3O2. The van der Waals surface area contributed by atoms with E-state index in [1.165, 1.54) is 32.1 Å². The summed E-state index contributed by atoms with van der Waals surface area (Å²) in [6.07, 6.45) is 6.57. The van der Waals surface area contributed by atoms with Gasteiger partial charge < -0.3 is 15.2 Å². The first-order valence-corrected chi connectivity index (χ1v) is 9.41. The molecule has 0 atom stereocenters. The molecule has 0 spiro atoms. The summed E-state index contributed by atoms with van der Waals surface area (Å²) in [5.41, 5.74) is 8.69. The van der Waals surface area contributed by atoms with Crippen LogP contribution in [0.5, 0.6) is 11.5 Å². The molecule has 1 fully saturated rings. The molecule has 26 heavy (non-hydrogen) atoms. The second-order valence-corrected chi connectivity index (χ2v) is 6.86. The number of pyridine rings is 1. The molecule has 0 saturated carbocycles. The zero-order valence-corrected chi connectivity index (χ0v) is 15.8. The number of aromatic nitrogens is 1. The van der Waals surface area contributed by atoms with E-state index in [2.05, 4.69) is 16.0 Å². The molecule has 3 rings (SSSR count). The van der Waals surface area contributed by atoms with Gasteiger partial charge in [-0.1, -0.05) is 25.3 Å². The minimum Gasteiger partial charge on any atom is -0.496 e. The number of likely N-dealkylation sites (tertiary alicyclic amines) is 1. The Morgan fingerprint density at radius 3 is 2.31 bits per heavy atom. The largest absolute Gasteiger partial charge is 0.496 e. The fraction of sp³-hybridized carbons (Fsp3) is 0.476. The van der Waals surface area contributed by atoms with Gasteiger partial charge in [-0.3, -0.25) is 4.90 Å². The summed E-state index contributed by atoms with van der Waals surface area (Å²) >= 11 is 0. The van der Waals surface area contributed by atoms with Gasteiger partial charge in [0, 0.05) is 17.7 Å². The van der Waals surface area contributed by atoms with Crippen LogP contribution < -0.4 is 15.2 Å². The highest BCUT2D eigenvalue weighted by Crippen LogP contribution is 2.36. The molecular weight excluding hydrogens is 326 g/mol. The molecule has 1 aliphatic rings. The number of nitrogens with two attached hydrogens (primary N) is 1. The van der Waals surface area contributed by atoms with Crippen molar-refractivity contribution >= 4 is 5.82 Å². The minimum absolute atomic E-state index is 0.494. The topological polar surface area (TPSA) is 60.6 Å². The van der Waals surface area contributed by atoms with E-state index >= 15 is 0 Å². The average Bonchev–Trinajstić information content (AvgIpc) is 2.63. The van der Waals surface area contributed by atoms with E-state index in [-0.39, 0.29) is 0 Å². The average molecular weight is 355 g/mol. The van der Waals surface area contributed by atoms with Crippen LogP contribution in [0.15, 0.2) is 30.3 Å². The van der Waals surface area contributed by atoms with Gasteiger partial charge in [0.25, 0.3) is 0 Å². The molecule has 2 N–H and O–H groups in total. The summed E-state index contributed by atoms with van der Waals surface area (Å²) in [6, 6.07) is 9.71. The number of methoxy groups -OCH3 is 2. The molecule has 2 heterocycles. The van der Waals surface area contributed by atoms with E-state index in [0.29, 0.717) is 5.82 Å². The van der Waals surface area contributed by atoms with Crippen LogP contribution in [0.4, 0.5) is 5.82 Å². The van der Waals surface area contributed by atoms with Crippen molar-refractivity contribution in [3.8, 4) is 22.8 Å². The van der Waals surface area contributed by atoms with Crippen molar-refractivity contribution in [3.63, 3.8) is 0 Å². The zero-order chi connectivity index (χ0) is 18.4. The molecule has 1 saturated heterocycles.